The second-order valence-corrected chi connectivity index (χ2v) is 7.41. The van der Waals surface area contributed by atoms with Crippen molar-refractivity contribution in [2.24, 2.45) is 0 Å². The molecule has 0 aliphatic carbocycles. The summed E-state index contributed by atoms with van der Waals surface area (Å²) in [5, 5.41) is 0. The molecule has 3 rings (SSSR count). The number of amides is 1. The molecule has 0 aromatic heterocycles. The van der Waals surface area contributed by atoms with E-state index in [0.29, 0.717) is 13.1 Å². The van der Waals surface area contributed by atoms with Gasteiger partial charge in [-0.1, -0.05) is 24.3 Å². The van der Waals surface area contributed by atoms with Crippen LogP contribution in [0.3, 0.4) is 0 Å². The monoisotopic (exact) mass is 382 g/mol. The molecule has 1 amide bonds. The zero-order valence-corrected chi connectivity index (χ0v) is 17.3. The normalized spacial score (nSPS) is 16.8. The third-order valence-electron chi connectivity index (χ3n) is 5.59. The molecule has 0 bridgehead atoms. The molecule has 1 saturated heterocycles. The van der Waals surface area contributed by atoms with Gasteiger partial charge >= 0.3 is 0 Å². The van der Waals surface area contributed by atoms with Crippen LogP contribution in [0.2, 0.25) is 0 Å². The number of carbonyl (C=O) groups excluding carboxylic acids is 1. The molecule has 1 atom stereocenters. The van der Waals surface area contributed by atoms with Gasteiger partial charge in [-0.3, -0.25) is 9.69 Å². The minimum absolute atomic E-state index is 0.136. The van der Waals surface area contributed by atoms with E-state index in [-0.39, 0.29) is 11.9 Å². The van der Waals surface area contributed by atoms with Gasteiger partial charge in [-0.25, -0.2) is 0 Å². The van der Waals surface area contributed by atoms with E-state index in [9.17, 15) is 4.79 Å². The standard InChI is InChI=1S/C23H30N2O3/c1-17-8-5-6-9-18(17)15-24(2)23(26)16-25-13-7-10-21(25)20-14-19(27-3)11-12-22(20)28-4/h5-6,8-9,11-12,14,21H,7,10,13,15-16H2,1-4H3/t21-/m0/s1. The van der Waals surface area contributed by atoms with E-state index in [1.807, 2.05) is 42.3 Å². The summed E-state index contributed by atoms with van der Waals surface area (Å²) in [5.41, 5.74) is 3.49. The molecular formula is C23H30N2O3. The zero-order chi connectivity index (χ0) is 20.1. The van der Waals surface area contributed by atoms with Gasteiger partial charge in [0.15, 0.2) is 0 Å². The lowest BCUT2D eigenvalue weighted by Crippen LogP contribution is -2.38. The van der Waals surface area contributed by atoms with Crippen LogP contribution in [0.25, 0.3) is 0 Å². The molecule has 1 heterocycles. The summed E-state index contributed by atoms with van der Waals surface area (Å²) in [6.07, 6.45) is 2.08. The Labute approximate surface area is 167 Å². The summed E-state index contributed by atoms with van der Waals surface area (Å²) in [6.45, 7) is 4.04. The molecule has 5 nitrogen and oxygen atoms in total. The number of likely N-dealkylation sites (N-methyl/N-ethyl adjacent to an activating group) is 1. The molecule has 2 aromatic carbocycles. The average molecular weight is 383 g/mol. The third kappa shape index (κ3) is 4.47. The SMILES string of the molecule is COc1ccc(OC)c([C@@H]2CCCN2CC(=O)N(C)Cc2ccccc2C)c1. The zero-order valence-electron chi connectivity index (χ0n) is 17.3. The number of likely N-dealkylation sites (tertiary alicyclic amines) is 1. The summed E-state index contributed by atoms with van der Waals surface area (Å²) in [6, 6.07) is 14.3. The van der Waals surface area contributed by atoms with Crippen molar-refractivity contribution in [1.82, 2.24) is 9.80 Å². The first kappa shape index (κ1) is 20.2. The summed E-state index contributed by atoms with van der Waals surface area (Å²) in [5.74, 6) is 1.79. The molecule has 0 N–H and O–H groups in total. The van der Waals surface area contributed by atoms with Gasteiger partial charge in [0.2, 0.25) is 5.91 Å². The first-order chi connectivity index (χ1) is 13.5. The number of benzene rings is 2. The number of methoxy groups -OCH3 is 2. The quantitative estimate of drug-likeness (QED) is 0.730. The van der Waals surface area contributed by atoms with Crippen LogP contribution in [0.1, 0.15) is 35.6 Å². The number of rotatable bonds is 7. The third-order valence-corrected chi connectivity index (χ3v) is 5.59. The Bertz CT molecular complexity index is 821. The highest BCUT2D eigenvalue weighted by Gasteiger charge is 2.30. The van der Waals surface area contributed by atoms with E-state index in [1.165, 1.54) is 11.1 Å². The van der Waals surface area contributed by atoms with Crippen LogP contribution in [0, 0.1) is 6.92 Å². The van der Waals surface area contributed by atoms with Crippen LogP contribution in [0.5, 0.6) is 11.5 Å². The Morgan fingerprint density at radius 2 is 1.96 bits per heavy atom. The lowest BCUT2D eigenvalue weighted by atomic mass is 10.0. The van der Waals surface area contributed by atoms with Crippen molar-refractivity contribution in [2.45, 2.75) is 32.4 Å². The average Bonchev–Trinajstić information content (AvgIpc) is 3.17. The fraction of sp³-hybridized carbons (Fsp3) is 0.435. The van der Waals surface area contributed by atoms with Crippen molar-refractivity contribution in [1.29, 1.82) is 0 Å². The van der Waals surface area contributed by atoms with Crippen molar-refractivity contribution in [3.8, 4) is 11.5 Å². The molecule has 0 unspecified atom stereocenters. The maximum Gasteiger partial charge on any atom is 0.236 e. The van der Waals surface area contributed by atoms with E-state index >= 15 is 0 Å². The minimum Gasteiger partial charge on any atom is -0.497 e. The Morgan fingerprint density at radius 1 is 1.18 bits per heavy atom. The lowest BCUT2D eigenvalue weighted by molar-refractivity contribution is -0.131. The predicted molar refractivity (Wildman–Crippen MR) is 111 cm³/mol. The summed E-state index contributed by atoms with van der Waals surface area (Å²) in [7, 11) is 5.24. The Balaban J connectivity index is 1.71. The summed E-state index contributed by atoms with van der Waals surface area (Å²) in [4.78, 5) is 17.0. The number of aryl methyl sites for hydroxylation is 1. The van der Waals surface area contributed by atoms with E-state index in [2.05, 4.69) is 24.0 Å². The van der Waals surface area contributed by atoms with Gasteiger partial charge in [0.05, 0.1) is 20.8 Å². The number of ether oxygens (including phenoxy) is 2. The first-order valence-electron chi connectivity index (χ1n) is 9.78. The molecule has 150 valence electrons. The van der Waals surface area contributed by atoms with Crippen molar-refractivity contribution in [3.63, 3.8) is 0 Å². The highest BCUT2D eigenvalue weighted by molar-refractivity contribution is 5.78. The van der Waals surface area contributed by atoms with Crippen molar-refractivity contribution in [2.75, 3.05) is 34.4 Å². The van der Waals surface area contributed by atoms with Gasteiger partial charge in [-0.2, -0.15) is 0 Å². The fourth-order valence-corrected chi connectivity index (χ4v) is 3.89. The van der Waals surface area contributed by atoms with Crippen LogP contribution in [-0.2, 0) is 11.3 Å². The van der Waals surface area contributed by atoms with Gasteiger partial charge < -0.3 is 14.4 Å². The topological polar surface area (TPSA) is 42.0 Å². The molecule has 5 heteroatoms. The minimum atomic E-state index is 0.136. The fourth-order valence-electron chi connectivity index (χ4n) is 3.89. The Kier molecular flexibility index (Phi) is 6.57. The van der Waals surface area contributed by atoms with E-state index in [4.69, 9.17) is 9.47 Å². The molecule has 0 spiro atoms. The Hall–Kier alpha value is -2.53. The predicted octanol–water partition coefficient (Wildman–Crippen LogP) is 3.81. The second kappa shape index (κ2) is 9.11. The highest BCUT2D eigenvalue weighted by Crippen LogP contribution is 2.38. The van der Waals surface area contributed by atoms with Crippen LogP contribution in [-0.4, -0.2) is 50.1 Å². The summed E-state index contributed by atoms with van der Waals surface area (Å²) < 4.78 is 11.0. The van der Waals surface area contributed by atoms with Crippen LogP contribution < -0.4 is 9.47 Å². The first-order valence-corrected chi connectivity index (χ1v) is 9.78. The van der Waals surface area contributed by atoms with E-state index in [0.717, 1.165) is 36.4 Å². The molecule has 2 aromatic rings. The van der Waals surface area contributed by atoms with Crippen molar-refractivity contribution >= 4 is 5.91 Å². The molecular weight excluding hydrogens is 352 g/mol. The number of hydrogen-bond donors (Lipinski definition) is 0. The van der Waals surface area contributed by atoms with Gasteiger partial charge in [-0.15, -0.1) is 0 Å². The van der Waals surface area contributed by atoms with Crippen LogP contribution in [0.4, 0.5) is 0 Å². The van der Waals surface area contributed by atoms with Gasteiger partial charge in [0.1, 0.15) is 11.5 Å². The molecule has 1 aliphatic rings. The van der Waals surface area contributed by atoms with Gasteiger partial charge in [0, 0.05) is 25.2 Å². The van der Waals surface area contributed by atoms with E-state index < -0.39 is 0 Å². The van der Waals surface area contributed by atoms with E-state index in [1.54, 1.807) is 14.2 Å². The Morgan fingerprint density at radius 3 is 2.68 bits per heavy atom. The van der Waals surface area contributed by atoms with Gasteiger partial charge in [0.25, 0.3) is 0 Å². The lowest BCUT2D eigenvalue weighted by Gasteiger charge is -2.28. The maximum atomic E-state index is 12.9. The number of nitrogens with zero attached hydrogens (tertiary/aromatic N) is 2. The molecule has 1 fully saturated rings. The highest BCUT2D eigenvalue weighted by atomic mass is 16.5. The van der Waals surface area contributed by atoms with Crippen molar-refractivity contribution in [3.05, 3.63) is 59.2 Å². The summed E-state index contributed by atoms with van der Waals surface area (Å²) >= 11 is 0. The van der Waals surface area contributed by atoms with Crippen LogP contribution >= 0.6 is 0 Å². The number of hydrogen-bond acceptors (Lipinski definition) is 4. The molecule has 0 radical (unpaired) electrons. The van der Waals surface area contributed by atoms with Crippen molar-refractivity contribution < 1.29 is 14.3 Å². The van der Waals surface area contributed by atoms with Crippen LogP contribution in [0.15, 0.2) is 42.5 Å². The molecule has 0 saturated carbocycles. The molecule has 1 aliphatic heterocycles. The smallest absolute Gasteiger partial charge is 0.236 e. The second-order valence-electron chi connectivity index (χ2n) is 7.41. The maximum absolute atomic E-state index is 12.9. The largest absolute Gasteiger partial charge is 0.497 e. The molecule has 28 heavy (non-hydrogen) atoms. The van der Waals surface area contributed by atoms with Gasteiger partial charge in [-0.05, 0) is 55.6 Å². The number of carbonyl (C=O) groups is 1.